The van der Waals surface area contributed by atoms with Crippen LogP contribution in [0.3, 0.4) is 0 Å². The predicted molar refractivity (Wildman–Crippen MR) is 114 cm³/mol. The van der Waals surface area contributed by atoms with Crippen molar-refractivity contribution in [2.45, 2.75) is 57.3 Å². The molecule has 3 rings (SSSR count). The van der Waals surface area contributed by atoms with Gasteiger partial charge >= 0.3 is 18.4 Å². The van der Waals surface area contributed by atoms with E-state index in [-0.39, 0.29) is 36.8 Å². The maximum Gasteiger partial charge on any atom is 0.416 e. The number of hydrogen-bond acceptors (Lipinski definition) is 2. The Morgan fingerprint density at radius 1 is 0.943 bits per heavy atom. The van der Waals surface area contributed by atoms with Crippen LogP contribution in [0.4, 0.5) is 35.5 Å². The first-order valence-corrected chi connectivity index (χ1v) is 10.9. The standard InChI is InChI=1S/C24H25F7N2O2/c1-13(2)32-22(34)33-11-20(15-4-6-19(25)7-5-15)21(12-33)35-14(3)16-8-17(23(26,27)28)10-18(9-16)24(29,30)31/h4-10,13-14,20-21H,11-12H2,1-3H3,(H,32,34)/t14-,20+,21-/m1/s1. The number of carbonyl (C=O) groups excluding carboxylic acids is 1. The first-order valence-electron chi connectivity index (χ1n) is 10.9. The van der Waals surface area contributed by atoms with Crippen molar-refractivity contribution in [3.8, 4) is 0 Å². The van der Waals surface area contributed by atoms with E-state index < -0.39 is 47.4 Å². The van der Waals surface area contributed by atoms with E-state index in [1.807, 2.05) is 0 Å². The summed E-state index contributed by atoms with van der Waals surface area (Å²) in [6.45, 7) is 5.13. The molecular formula is C24H25F7N2O2. The van der Waals surface area contributed by atoms with Gasteiger partial charge in [-0.1, -0.05) is 12.1 Å². The second kappa shape index (κ2) is 10.0. The molecule has 11 heteroatoms. The molecule has 2 aromatic rings. The van der Waals surface area contributed by atoms with Gasteiger partial charge in [0, 0.05) is 25.0 Å². The topological polar surface area (TPSA) is 41.6 Å². The van der Waals surface area contributed by atoms with Crippen molar-refractivity contribution in [1.29, 1.82) is 0 Å². The molecule has 0 aliphatic carbocycles. The Morgan fingerprint density at radius 3 is 1.97 bits per heavy atom. The number of alkyl halides is 6. The lowest BCUT2D eigenvalue weighted by molar-refractivity contribution is -0.143. The zero-order chi connectivity index (χ0) is 26.1. The Hall–Kier alpha value is -2.82. The fraction of sp³-hybridized carbons (Fsp3) is 0.458. The van der Waals surface area contributed by atoms with Crippen molar-refractivity contribution in [3.05, 3.63) is 70.5 Å². The number of benzene rings is 2. The quantitative estimate of drug-likeness (QED) is 0.469. The number of halogens is 7. The lowest BCUT2D eigenvalue weighted by Gasteiger charge is -2.25. The molecule has 0 spiro atoms. The zero-order valence-electron chi connectivity index (χ0n) is 19.2. The number of ether oxygens (including phenoxy) is 1. The molecule has 192 valence electrons. The van der Waals surface area contributed by atoms with Gasteiger partial charge in [-0.2, -0.15) is 26.3 Å². The van der Waals surface area contributed by atoms with Gasteiger partial charge in [-0.3, -0.25) is 0 Å². The Labute approximate surface area is 198 Å². The molecule has 2 aromatic carbocycles. The first-order chi connectivity index (χ1) is 16.1. The predicted octanol–water partition coefficient (Wildman–Crippen LogP) is 6.53. The van der Waals surface area contributed by atoms with Crippen LogP contribution in [0.5, 0.6) is 0 Å². The Bertz CT molecular complexity index is 1000. The summed E-state index contributed by atoms with van der Waals surface area (Å²) in [6.07, 6.45) is -11.9. The summed E-state index contributed by atoms with van der Waals surface area (Å²) < 4.78 is 99.0. The number of likely N-dealkylation sites (tertiary alicyclic amines) is 1. The average molecular weight is 506 g/mol. The second-order valence-corrected chi connectivity index (χ2v) is 8.82. The molecule has 4 nitrogen and oxygen atoms in total. The third-order valence-corrected chi connectivity index (χ3v) is 5.72. The Balaban J connectivity index is 1.91. The Kier molecular flexibility index (Phi) is 7.68. The van der Waals surface area contributed by atoms with E-state index >= 15 is 0 Å². The monoisotopic (exact) mass is 506 g/mol. The number of rotatable bonds is 5. The van der Waals surface area contributed by atoms with Gasteiger partial charge < -0.3 is 15.0 Å². The van der Waals surface area contributed by atoms with Gasteiger partial charge in [0.2, 0.25) is 0 Å². The fourth-order valence-electron chi connectivity index (χ4n) is 4.00. The molecule has 0 saturated carbocycles. The normalized spacial score (nSPS) is 19.8. The SMILES string of the molecule is CC(C)NC(=O)N1C[C@@H](O[C@H](C)c2cc(C(F)(F)F)cc(C(F)(F)F)c2)[C@H](c2ccc(F)cc2)C1. The van der Waals surface area contributed by atoms with Gasteiger partial charge in [0.1, 0.15) is 5.82 Å². The largest absolute Gasteiger partial charge is 0.416 e. The van der Waals surface area contributed by atoms with E-state index in [1.165, 1.54) is 36.1 Å². The van der Waals surface area contributed by atoms with Crippen LogP contribution in [0.2, 0.25) is 0 Å². The first kappa shape index (κ1) is 26.8. The number of amides is 2. The lowest BCUT2D eigenvalue weighted by atomic mass is 9.95. The van der Waals surface area contributed by atoms with Crippen molar-refractivity contribution in [3.63, 3.8) is 0 Å². The highest BCUT2D eigenvalue weighted by atomic mass is 19.4. The molecule has 1 aliphatic heterocycles. The minimum absolute atomic E-state index is 0.0516. The van der Waals surface area contributed by atoms with E-state index in [2.05, 4.69) is 5.32 Å². The third kappa shape index (κ3) is 6.65. The zero-order valence-corrected chi connectivity index (χ0v) is 19.2. The highest BCUT2D eigenvalue weighted by molar-refractivity contribution is 5.75. The summed E-state index contributed by atoms with van der Waals surface area (Å²) in [5.41, 5.74) is -2.53. The number of carbonyl (C=O) groups is 1. The Morgan fingerprint density at radius 2 is 1.49 bits per heavy atom. The van der Waals surface area contributed by atoms with Gasteiger partial charge in [0.05, 0.1) is 23.3 Å². The molecule has 0 radical (unpaired) electrons. The van der Waals surface area contributed by atoms with Crippen molar-refractivity contribution < 1.29 is 40.3 Å². The third-order valence-electron chi connectivity index (χ3n) is 5.72. The van der Waals surface area contributed by atoms with E-state index in [9.17, 15) is 35.5 Å². The average Bonchev–Trinajstić information content (AvgIpc) is 3.16. The van der Waals surface area contributed by atoms with Crippen LogP contribution in [0, 0.1) is 5.82 Å². The van der Waals surface area contributed by atoms with Crippen LogP contribution in [0.15, 0.2) is 42.5 Å². The number of hydrogen-bond donors (Lipinski definition) is 1. The summed E-state index contributed by atoms with van der Waals surface area (Å²) in [4.78, 5) is 14.0. The molecule has 3 atom stereocenters. The minimum Gasteiger partial charge on any atom is -0.368 e. The van der Waals surface area contributed by atoms with Crippen LogP contribution < -0.4 is 5.32 Å². The summed E-state index contributed by atoms with van der Waals surface area (Å²) in [7, 11) is 0. The van der Waals surface area contributed by atoms with Crippen LogP contribution in [-0.4, -0.2) is 36.2 Å². The number of urea groups is 1. The smallest absolute Gasteiger partial charge is 0.368 e. The fourth-order valence-corrected chi connectivity index (χ4v) is 4.00. The molecule has 35 heavy (non-hydrogen) atoms. The summed E-state index contributed by atoms with van der Waals surface area (Å²) in [5.74, 6) is -0.945. The molecule has 0 aromatic heterocycles. The highest BCUT2D eigenvalue weighted by Gasteiger charge is 2.40. The van der Waals surface area contributed by atoms with Gasteiger partial charge in [-0.25, -0.2) is 9.18 Å². The number of nitrogens with zero attached hydrogens (tertiary/aromatic N) is 1. The van der Waals surface area contributed by atoms with E-state index in [4.69, 9.17) is 4.74 Å². The van der Waals surface area contributed by atoms with E-state index in [0.717, 1.165) is 0 Å². The van der Waals surface area contributed by atoms with E-state index in [1.54, 1.807) is 13.8 Å². The molecule has 1 N–H and O–H groups in total. The molecular weight excluding hydrogens is 481 g/mol. The maximum atomic E-state index is 13.4. The summed E-state index contributed by atoms with van der Waals surface area (Å²) >= 11 is 0. The van der Waals surface area contributed by atoms with Crippen LogP contribution in [0.25, 0.3) is 0 Å². The van der Waals surface area contributed by atoms with Crippen molar-refractivity contribution >= 4 is 6.03 Å². The van der Waals surface area contributed by atoms with E-state index in [0.29, 0.717) is 17.7 Å². The van der Waals surface area contributed by atoms with Crippen molar-refractivity contribution in [2.75, 3.05) is 13.1 Å². The maximum absolute atomic E-state index is 13.4. The number of nitrogens with one attached hydrogen (secondary N) is 1. The second-order valence-electron chi connectivity index (χ2n) is 8.82. The minimum atomic E-state index is -4.98. The van der Waals surface area contributed by atoms with Gasteiger partial charge in [-0.05, 0) is 62.2 Å². The van der Waals surface area contributed by atoms with Gasteiger partial charge in [-0.15, -0.1) is 0 Å². The van der Waals surface area contributed by atoms with Crippen molar-refractivity contribution in [2.24, 2.45) is 0 Å². The van der Waals surface area contributed by atoms with Gasteiger partial charge in [0.15, 0.2) is 0 Å². The van der Waals surface area contributed by atoms with Crippen LogP contribution in [-0.2, 0) is 17.1 Å². The highest BCUT2D eigenvalue weighted by Crippen LogP contribution is 2.39. The van der Waals surface area contributed by atoms with Crippen LogP contribution in [0.1, 0.15) is 55.0 Å². The summed E-state index contributed by atoms with van der Waals surface area (Å²) in [6, 6.07) is 6.26. The van der Waals surface area contributed by atoms with Crippen LogP contribution >= 0.6 is 0 Å². The molecule has 1 saturated heterocycles. The molecule has 1 heterocycles. The molecule has 1 fully saturated rings. The summed E-state index contributed by atoms with van der Waals surface area (Å²) in [5, 5.41) is 2.74. The molecule has 0 bridgehead atoms. The van der Waals surface area contributed by atoms with Gasteiger partial charge in [0.25, 0.3) is 0 Å². The molecule has 1 aliphatic rings. The molecule has 2 amide bonds. The lowest BCUT2D eigenvalue weighted by Crippen LogP contribution is -2.42. The molecule has 0 unspecified atom stereocenters. The van der Waals surface area contributed by atoms with Crippen molar-refractivity contribution in [1.82, 2.24) is 10.2 Å².